The highest BCUT2D eigenvalue weighted by molar-refractivity contribution is 5.84. The van der Waals surface area contributed by atoms with E-state index in [4.69, 9.17) is 4.74 Å². The van der Waals surface area contributed by atoms with Crippen molar-refractivity contribution < 1.29 is 9.53 Å². The van der Waals surface area contributed by atoms with Gasteiger partial charge in [0, 0.05) is 37.6 Å². The van der Waals surface area contributed by atoms with Gasteiger partial charge >= 0.3 is 6.09 Å². The maximum atomic E-state index is 11.8. The molecular formula is C21H29N5O2. The van der Waals surface area contributed by atoms with Gasteiger partial charge in [0.15, 0.2) is 0 Å². The van der Waals surface area contributed by atoms with E-state index in [-0.39, 0.29) is 0 Å². The van der Waals surface area contributed by atoms with Gasteiger partial charge in [-0.25, -0.2) is 9.78 Å². The molecule has 2 N–H and O–H groups in total. The molecule has 28 heavy (non-hydrogen) atoms. The lowest BCUT2D eigenvalue weighted by molar-refractivity contribution is 0.0636. The molecule has 1 aliphatic rings. The lowest BCUT2D eigenvalue weighted by Crippen LogP contribution is -2.44. The number of amides is 1. The molecule has 0 bridgehead atoms. The van der Waals surface area contributed by atoms with Crippen LogP contribution in [0.1, 0.15) is 20.8 Å². The maximum absolute atomic E-state index is 11.8. The summed E-state index contributed by atoms with van der Waals surface area (Å²) in [6, 6.07) is 12.0. The first-order chi connectivity index (χ1) is 13.3. The Hall–Kier alpha value is -2.80. The molecule has 0 unspecified atom stereocenters. The van der Waals surface area contributed by atoms with E-state index >= 15 is 0 Å². The summed E-state index contributed by atoms with van der Waals surface area (Å²) in [5, 5.41) is 5.95. The number of ether oxygens (including phenoxy) is 1. The van der Waals surface area contributed by atoms with Crippen molar-refractivity contribution in [1.82, 2.24) is 9.88 Å². The summed E-state index contributed by atoms with van der Waals surface area (Å²) in [6.07, 6.45) is 1.11. The van der Waals surface area contributed by atoms with Crippen molar-refractivity contribution in [2.45, 2.75) is 26.4 Å². The monoisotopic (exact) mass is 383 g/mol. The van der Waals surface area contributed by atoms with Gasteiger partial charge in [0.1, 0.15) is 11.4 Å². The van der Waals surface area contributed by atoms with Crippen LogP contribution >= 0.6 is 0 Å². The van der Waals surface area contributed by atoms with Gasteiger partial charge in [-0.15, -0.1) is 0 Å². The van der Waals surface area contributed by atoms with Crippen molar-refractivity contribution >= 4 is 29.0 Å². The molecule has 0 aliphatic carbocycles. The number of nitrogens with one attached hydrogen (secondary N) is 2. The Kier molecular flexibility index (Phi) is 6.04. The molecule has 0 atom stereocenters. The summed E-state index contributed by atoms with van der Waals surface area (Å²) in [6.45, 7) is 9.77. The highest BCUT2D eigenvalue weighted by Crippen LogP contribution is 2.22. The highest BCUT2D eigenvalue weighted by atomic mass is 16.6. The van der Waals surface area contributed by atoms with Gasteiger partial charge in [-0.05, 0) is 64.2 Å². The summed E-state index contributed by atoms with van der Waals surface area (Å²) >= 11 is 0. The van der Waals surface area contributed by atoms with Gasteiger partial charge in [0.2, 0.25) is 0 Å². The second-order valence-corrected chi connectivity index (χ2v) is 8.02. The smallest absolute Gasteiger partial charge is 0.412 e. The molecule has 0 saturated carbocycles. The van der Waals surface area contributed by atoms with E-state index in [2.05, 4.69) is 56.7 Å². The third-order valence-corrected chi connectivity index (χ3v) is 4.42. The third kappa shape index (κ3) is 5.85. The van der Waals surface area contributed by atoms with Gasteiger partial charge in [-0.3, -0.25) is 5.32 Å². The molecule has 3 rings (SSSR count). The van der Waals surface area contributed by atoms with E-state index < -0.39 is 11.7 Å². The van der Waals surface area contributed by atoms with E-state index in [0.717, 1.165) is 31.9 Å². The molecule has 7 nitrogen and oxygen atoms in total. The fraction of sp³-hybridized carbons (Fsp3) is 0.429. The number of carbonyl (C=O) groups is 1. The standard InChI is InChI=1S/C21H29N5O2/c1-21(2,3)28-20(27)24-17-7-10-19(22-15-17)23-16-5-8-18(9-6-16)26-13-11-25(4)12-14-26/h5-10,15H,11-14H2,1-4H3,(H,22,23)(H,24,27). The number of hydrogen-bond acceptors (Lipinski definition) is 6. The molecular weight excluding hydrogens is 354 g/mol. The summed E-state index contributed by atoms with van der Waals surface area (Å²) in [5.41, 5.74) is 2.27. The SMILES string of the molecule is CN1CCN(c2ccc(Nc3ccc(NC(=O)OC(C)(C)C)cn3)cc2)CC1. The average molecular weight is 383 g/mol. The zero-order valence-corrected chi connectivity index (χ0v) is 17.0. The van der Waals surface area contributed by atoms with Gasteiger partial charge in [0.25, 0.3) is 0 Å². The molecule has 150 valence electrons. The third-order valence-electron chi connectivity index (χ3n) is 4.42. The van der Waals surface area contributed by atoms with Crippen LogP contribution in [0.25, 0.3) is 0 Å². The molecule has 0 radical (unpaired) electrons. The van der Waals surface area contributed by atoms with Gasteiger partial charge in [-0.2, -0.15) is 0 Å². The van der Waals surface area contributed by atoms with Crippen molar-refractivity contribution in [2.75, 3.05) is 48.8 Å². The van der Waals surface area contributed by atoms with Crippen LogP contribution in [0.4, 0.5) is 27.7 Å². The lowest BCUT2D eigenvalue weighted by Gasteiger charge is -2.34. The second-order valence-electron chi connectivity index (χ2n) is 8.02. The lowest BCUT2D eigenvalue weighted by atomic mass is 10.2. The summed E-state index contributed by atoms with van der Waals surface area (Å²) in [7, 11) is 2.16. The number of hydrogen-bond donors (Lipinski definition) is 2. The topological polar surface area (TPSA) is 69.7 Å². The minimum absolute atomic E-state index is 0.491. The Morgan fingerprint density at radius 3 is 2.21 bits per heavy atom. The Labute approximate surface area is 166 Å². The normalized spacial score (nSPS) is 15.2. The number of benzene rings is 1. The minimum atomic E-state index is -0.532. The first kappa shape index (κ1) is 19.9. The predicted octanol–water partition coefficient (Wildman–Crippen LogP) is 3.92. The molecule has 1 aromatic heterocycles. The van der Waals surface area contributed by atoms with Crippen LogP contribution in [0, 0.1) is 0 Å². The van der Waals surface area contributed by atoms with Crippen LogP contribution in [0.2, 0.25) is 0 Å². The van der Waals surface area contributed by atoms with Crippen LogP contribution in [-0.2, 0) is 4.74 Å². The number of likely N-dealkylation sites (N-methyl/N-ethyl adjacent to an activating group) is 1. The quantitative estimate of drug-likeness (QED) is 0.834. The van der Waals surface area contributed by atoms with Crippen LogP contribution in [0.15, 0.2) is 42.6 Å². The largest absolute Gasteiger partial charge is 0.444 e. The first-order valence-electron chi connectivity index (χ1n) is 9.55. The molecule has 7 heteroatoms. The van der Waals surface area contributed by atoms with E-state index in [1.54, 1.807) is 12.3 Å². The van der Waals surface area contributed by atoms with E-state index in [9.17, 15) is 4.79 Å². The summed E-state index contributed by atoms with van der Waals surface area (Å²) in [5.74, 6) is 0.710. The van der Waals surface area contributed by atoms with Crippen molar-refractivity contribution in [3.05, 3.63) is 42.6 Å². The zero-order valence-electron chi connectivity index (χ0n) is 17.0. The molecule has 2 aromatic rings. The summed E-state index contributed by atoms with van der Waals surface area (Å²) in [4.78, 5) is 20.9. The van der Waals surface area contributed by atoms with Crippen molar-refractivity contribution in [3.63, 3.8) is 0 Å². The van der Waals surface area contributed by atoms with Crippen LogP contribution in [0.3, 0.4) is 0 Å². The van der Waals surface area contributed by atoms with Crippen LogP contribution in [0.5, 0.6) is 0 Å². The predicted molar refractivity (Wildman–Crippen MR) is 114 cm³/mol. The molecule has 2 heterocycles. The number of anilines is 4. The van der Waals surface area contributed by atoms with E-state index in [1.807, 2.05) is 26.8 Å². The van der Waals surface area contributed by atoms with Gasteiger partial charge in [0.05, 0.1) is 11.9 Å². The fourth-order valence-electron chi connectivity index (χ4n) is 2.93. The Balaban J connectivity index is 1.54. The molecule has 1 aromatic carbocycles. The average Bonchev–Trinajstić information content (AvgIpc) is 2.63. The van der Waals surface area contributed by atoms with Crippen LogP contribution < -0.4 is 15.5 Å². The second kappa shape index (κ2) is 8.48. The van der Waals surface area contributed by atoms with E-state index in [0.29, 0.717) is 11.5 Å². The Morgan fingerprint density at radius 1 is 1.00 bits per heavy atom. The molecule has 1 fully saturated rings. The number of pyridine rings is 1. The molecule has 1 amide bonds. The fourth-order valence-corrected chi connectivity index (χ4v) is 2.93. The number of piperazine rings is 1. The molecule has 0 spiro atoms. The maximum Gasteiger partial charge on any atom is 0.412 e. The van der Waals surface area contributed by atoms with Crippen molar-refractivity contribution in [2.24, 2.45) is 0 Å². The molecule has 1 aliphatic heterocycles. The number of aromatic nitrogens is 1. The van der Waals surface area contributed by atoms with Crippen molar-refractivity contribution in [1.29, 1.82) is 0 Å². The number of carbonyl (C=O) groups excluding carboxylic acids is 1. The Bertz CT molecular complexity index is 776. The van der Waals surface area contributed by atoms with Gasteiger partial charge in [-0.1, -0.05) is 0 Å². The number of rotatable bonds is 4. The molecule has 1 saturated heterocycles. The van der Waals surface area contributed by atoms with Crippen LogP contribution in [-0.4, -0.2) is 54.8 Å². The minimum Gasteiger partial charge on any atom is -0.444 e. The zero-order chi connectivity index (χ0) is 20.1. The highest BCUT2D eigenvalue weighted by Gasteiger charge is 2.16. The van der Waals surface area contributed by atoms with E-state index in [1.165, 1.54) is 5.69 Å². The Morgan fingerprint density at radius 2 is 1.64 bits per heavy atom. The summed E-state index contributed by atoms with van der Waals surface area (Å²) < 4.78 is 5.23. The van der Waals surface area contributed by atoms with Crippen molar-refractivity contribution in [3.8, 4) is 0 Å². The van der Waals surface area contributed by atoms with Gasteiger partial charge < -0.3 is 19.9 Å². The number of nitrogens with zero attached hydrogens (tertiary/aromatic N) is 3. The first-order valence-corrected chi connectivity index (χ1v) is 9.55.